The summed E-state index contributed by atoms with van der Waals surface area (Å²) in [7, 11) is 1.77. The molecule has 0 aliphatic carbocycles. The van der Waals surface area contributed by atoms with Gasteiger partial charge in [0.15, 0.2) is 0 Å². The van der Waals surface area contributed by atoms with E-state index in [1.165, 1.54) is 0 Å². The topological polar surface area (TPSA) is 46.9 Å². The van der Waals surface area contributed by atoms with Gasteiger partial charge in [0.25, 0.3) is 5.91 Å². The molecule has 0 saturated heterocycles. The van der Waals surface area contributed by atoms with Crippen LogP contribution in [0, 0.1) is 5.92 Å². The second-order valence-corrected chi connectivity index (χ2v) is 4.98. The summed E-state index contributed by atoms with van der Waals surface area (Å²) in [5.74, 6) is 0.511. The van der Waals surface area contributed by atoms with Crippen LogP contribution in [0.4, 0.5) is 0 Å². The predicted octanol–water partition coefficient (Wildman–Crippen LogP) is 2.35. The van der Waals surface area contributed by atoms with E-state index in [0.29, 0.717) is 11.6 Å². The minimum atomic E-state index is -0.0410. The van der Waals surface area contributed by atoms with E-state index in [1.54, 1.807) is 24.0 Å². The fourth-order valence-corrected chi connectivity index (χ4v) is 2.48. The first-order valence-electron chi connectivity index (χ1n) is 6.01. The summed E-state index contributed by atoms with van der Waals surface area (Å²) < 4.78 is 1.59. The van der Waals surface area contributed by atoms with Gasteiger partial charge in [0.2, 0.25) is 0 Å². The minimum Gasteiger partial charge on any atom is -0.350 e. The van der Waals surface area contributed by atoms with Gasteiger partial charge in [-0.3, -0.25) is 9.48 Å². The van der Waals surface area contributed by atoms with Gasteiger partial charge in [-0.05, 0) is 24.8 Å². The van der Waals surface area contributed by atoms with Gasteiger partial charge < -0.3 is 5.32 Å². The largest absolute Gasteiger partial charge is 0.350 e. The van der Waals surface area contributed by atoms with Crippen LogP contribution in [0.15, 0.2) is 12.3 Å². The first-order valence-corrected chi connectivity index (χ1v) is 7.13. The number of halogens is 1. The maximum atomic E-state index is 11.9. The molecule has 5 heteroatoms. The third kappa shape index (κ3) is 4.50. The molecule has 0 saturated carbocycles. The summed E-state index contributed by atoms with van der Waals surface area (Å²) in [4.78, 5) is 11.9. The predicted molar refractivity (Wildman–Crippen MR) is 72.4 cm³/mol. The highest BCUT2D eigenvalue weighted by Crippen LogP contribution is 2.11. The van der Waals surface area contributed by atoms with Crippen molar-refractivity contribution in [3.05, 3.63) is 18.0 Å². The van der Waals surface area contributed by atoms with Crippen molar-refractivity contribution >= 4 is 21.8 Å². The highest BCUT2D eigenvalue weighted by Gasteiger charge is 2.12. The van der Waals surface area contributed by atoms with Crippen molar-refractivity contribution in [2.45, 2.75) is 26.2 Å². The number of nitrogens with zero attached hydrogens (tertiary/aromatic N) is 2. The van der Waals surface area contributed by atoms with Crippen LogP contribution in [0.25, 0.3) is 0 Å². The average Bonchev–Trinajstić information content (AvgIpc) is 2.72. The Hall–Kier alpha value is -0.840. The lowest BCUT2D eigenvalue weighted by Crippen LogP contribution is -2.30. The number of carbonyl (C=O) groups is 1. The van der Waals surface area contributed by atoms with Crippen molar-refractivity contribution in [2.75, 3.05) is 11.9 Å². The summed E-state index contributed by atoms with van der Waals surface area (Å²) in [6.45, 7) is 2.91. The van der Waals surface area contributed by atoms with Gasteiger partial charge >= 0.3 is 0 Å². The summed E-state index contributed by atoms with van der Waals surface area (Å²) in [6.07, 6.45) is 5.03. The van der Waals surface area contributed by atoms with Gasteiger partial charge in [-0.15, -0.1) is 0 Å². The van der Waals surface area contributed by atoms with Crippen molar-refractivity contribution < 1.29 is 4.79 Å². The Morgan fingerprint density at radius 3 is 2.88 bits per heavy atom. The fraction of sp³-hybridized carbons (Fsp3) is 0.667. The van der Waals surface area contributed by atoms with Gasteiger partial charge in [-0.1, -0.05) is 29.3 Å². The summed E-state index contributed by atoms with van der Waals surface area (Å²) >= 11 is 3.45. The number of aromatic nitrogens is 2. The second kappa shape index (κ2) is 7.48. The number of amides is 1. The number of alkyl halides is 1. The van der Waals surface area contributed by atoms with E-state index >= 15 is 0 Å². The SMILES string of the molecule is CCCC(CCBr)CNC(=O)c1ccnn1C. The van der Waals surface area contributed by atoms with Gasteiger partial charge in [0.1, 0.15) is 5.69 Å². The third-order valence-corrected chi connectivity index (χ3v) is 3.28. The molecule has 0 spiro atoms. The Balaban J connectivity index is 2.43. The molecule has 0 aromatic carbocycles. The lowest BCUT2D eigenvalue weighted by molar-refractivity contribution is 0.0936. The highest BCUT2D eigenvalue weighted by atomic mass is 79.9. The van der Waals surface area contributed by atoms with E-state index in [0.717, 1.165) is 31.1 Å². The molecule has 1 heterocycles. The molecular formula is C12H20BrN3O. The molecule has 0 fully saturated rings. The molecule has 0 radical (unpaired) electrons. The lowest BCUT2D eigenvalue weighted by Gasteiger charge is -2.15. The Bertz CT molecular complexity index is 345. The zero-order valence-electron chi connectivity index (χ0n) is 10.4. The zero-order chi connectivity index (χ0) is 12.7. The van der Waals surface area contributed by atoms with Gasteiger partial charge in [-0.25, -0.2) is 0 Å². The summed E-state index contributed by atoms with van der Waals surface area (Å²) in [5.41, 5.74) is 0.610. The molecule has 1 aromatic rings. The van der Waals surface area contributed by atoms with Crippen LogP contribution >= 0.6 is 15.9 Å². The molecule has 4 nitrogen and oxygen atoms in total. The molecular weight excluding hydrogens is 282 g/mol. The van der Waals surface area contributed by atoms with Gasteiger partial charge in [0.05, 0.1) is 0 Å². The number of hydrogen-bond donors (Lipinski definition) is 1. The maximum Gasteiger partial charge on any atom is 0.269 e. The van der Waals surface area contributed by atoms with Crippen molar-refractivity contribution in [3.63, 3.8) is 0 Å². The highest BCUT2D eigenvalue weighted by molar-refractivity contribution is 9.09. The zero-order valence-corrected chi connectivity index (χ0v) is 12.0. The fourth-order valence-electron chi connectivity index (χ4n) is 1.84. The maximum absolute atomic E-state index is 11.9. The van der Waals surface area contributed by atoms with Crippen LogP contribution in [-0.4, -0.2) is 27.6 Å². The van der Waals surface area contributed by atoms with Crippen LogP contribution in [0.5, 0.6) is 0 Å². The van der Waals surface area contributed by atoms with E-state index in [1.807, 2.05) is 0 Å². The van der Waals surface area contributed by atoms with Gasteiger partial charge in [0, 0.05) is 25.1 Å². The molecule has 1 aromatic heterocycles. The standard InChI is InChI=1S/C12H20BrN3O/c1-3-4-10(5-7-13)9-14-12(17)11-6-8-15-16(11)2/h6,8,10H,3-5,7,9H2,1-2H3,(H,14,17). The smallest absolute Gasteiger partial charge is 0.269 e. The number of rotatable bonds is 7. The Labute approximate surface area is 111 Å². The number of nitrogens with one attached hydrogen (secondary N) is 1. The molecule has 1 amide bonds. The van der Waals surface area contributed by atoms with Crippen LogP contribution in [-0.2, 0) is 7.05 Å². The monoisotopic (exact) mass is 301 g/mol. The second-order valence-electron chi connectivity index (χ2n) is 4.18. The van der Waals surface area contributed by atoms with Crippen LogP contribution in [0.1, 0.15) is 36.7 Å². The molecule has 1 rings (SSSR count). The molecule has 1 unspecified atom stereocenters. The van der Waals surface area contributed by atoms with Crippen molar-refractivity contribution in [1.82, 2.24) is 15.1 Å². The van der Waals surface area contributed by atoms with Crippen LogP contribution in [0.3, 0.4) is 0 Å². The van der Waals surface area contributed by atoms with Crippen molar-refractivity contribution in [3.8, 4) is 0 Å². The molecule has 0 bridgehead atoms. The van der Waals surface area contributed by atoms with Gasteiger partial charge in [-0.2, -0.15) is 5.10 Å². The van der Waals surface area contributed by atoms with Crippen molar-refractivity contribution in [1.29, 1.82) is 0 Å². The van der Waals surface area contributed by atoms with Crippen LogP contribution in [0.2, 0.25) is 0 Å². The van der Waals surface area contributed by atoms with E-state index < -0.39 is 0 Å². The van der Waals surface area contributed by atoms with E-state index in [9.17, 15) is 4.79 Å². The molecule has 1 atom stereocenters. The average molecular weight is 302 g/mol. The molecule has 17 heavy (non-hydrogen) atoms. The first kappa shape index (κ1) is 14.2. The molecule has 0 aliphatic rings. The van der Waals surface area contributed by atoms with E-state index in [4.69, 9.17) is 0 Å². The minimum absolute atomic E-state index is 0.0410. The lowest BCUT2D eigenvalue weighted by atomic mass is 10.0. The van der Waals surface area contributed by atoms with E-state index in [-0.39, 0.29) is 5.91 Å². The normalized spacial score (nSPS) is 12.4. The number of aryl methyl sites for hydroxylation is 1. The molecule has 1 N–H and O–H groups in total. The Kier molecular flexibility index (Phi) is 6.26. The Morgan fingerprint density at radius 2 is 2.35 bits per heavy atom. The van der Waals surface area contributed by atoms with Crippen molar-refractivity contribution in [2.24, 2.45) is 13.0 Å². The molecule has 96 valence electrons. The third-order valence-electron chi connectivity index (χ3n) is 2.82. The summed E-state index contributed by atoms with van der Waals surface area (Å²) in [6, 6.07) is 1.73. The van der Waals surface area contributed by atoms with Crippen LogP contribution < -0.4 is 5.32 Å². The Morgan fingerprint density at radius 1 is 1.59 bits per heavy atom. The number of hydrogen-bond acceptors (Lipinski definition) is 2. The quantitative estimate of drug-likeness (QED) is 0.786. The first-order chi connectivity index (χ1) is 8.19. The summed E-state index contributed by atoms with van der Waals surface area (Å²) in [5, 5.41) is 7.95. The molecule has 0 aliphatic heterocycles. The van der Waals surface area contributed by atoms with E-state index in [2.05, 4.69) is 33.3 Å². The number of carbonyl (C=O) groups excluding carboxylic acids is 1.